The van der Waals surface area contributed by atoms with Gasteiger partial charge >= 0.3 is 0 Å². The molecule has 0 bridgehead atoms. The second-order valence-electron chi connectivity index (χ2n) is 6.65. The molecule has 0 unspecified atom stereocenters. The maximum absolute atomic E-state index is 12.5. The third kappa shape index (κ3) is 6.58. The Kier molecular flexibility index (Phi) is 8.10. The van der Waals surface area contributed by atoms with Crippen LogP contribution in [0.15, 0.2) is 58.9 Å². The Morgan fingerprint density at radius 3 is 2.58 bits per heavy atom. The van der Waals surface area contributed by atoms with Gasteiger partial charge in [-0.25, -0.2) is 13.1 Å². The SMILES string of the molecule is CCCOc1ccccc1CCCNS(=O)(=O)c1nnc(NC(=O)c2ccccc2)s1. The highest BCUT2D eigenvalue weighted by Gasteiger charge is 2.20. The maximum atomic E-state index is 12.5. The number of hydrogen-bond donors (Lipinski definition) is 2. The summed E-state index contributed by atoms with van der Waals surface area (Å²) in [6, 6.07) is 16.3. The lowest BCUT2D eigenvalue weighted by molar-refractivity contribution is 0.102. The Labute approximate surface area is 185 Å². The molecule has 0 saturated carbocycles. The van der Waals surface area contributed by atoms with E-state index < -0.39 is 10.0 Å². The molecule has 164 valence electrons. The van der Waals surface area contributed by atoms with Gasteiger partial charge in [-0.2, -0.15) is 0 Å². The molecule has 1 heterocycles. The van der Waals surface area contributed by atoms with Crippen molar-refractivity contribution in [1.29, 1.82) is 0 Å². The Morgan fingerprint density at radius 1 is 1.06 bits per heavy atom. The molecule has 1 amide bonds. The summed E-state index contributed by atoms with van der Waals surface area (Å²) in [7, 11) is -3.81. The van der Waals surface area contributed by atoms with E-state index in [9.17, 15) is 13.2 Å². The molecule has 10 heteroatoms. The average Bonchev–Trinajstić information content (AvgIpc) is 3.26. The van der Waals surface area contributed by atoms with Crippen LogP contribution >= 0.6 is 11.3 Å². The summed E-state index contributed by atoms with van der Waals surface area (Å²) in [4.78, 5) is 12.2. The van der Waals surface area contributed by atoms with Gasteiger partial charge in [0.05, 0.1) is 6.61 Å². The van der Waals surface area contributed by atoms with E-state index in [0.717, 1.165) is 29.1 Å². The standard InChI is InChI=1S/C21H24N4O4S2/c1-2-15-29-18-13-7-6-9-16(18)12-8-14-22-31(27,28)21-25-24-20(30-21)23-19(26)17-10-4-3-5-11-17/h3-7,9-11,13,22H,2,8,12,14-15H2,1H3,(H,23,24,26). The molecule has 0 fully saturated rings. The van der Waals surface area contributed by atoms with Crippen LogP contribution in [0.25, 0.3) is 0 Å². The van der Waals surface area contributed by atoms with Crippen molar-refractivity contribution in [2.75, 3.05) is 18.5 Å². The molecule has 0 saturated heterocycles. The maximum Gasteiger partial charge on any atom is 0.269 e. The molecule has 2 N–H and O–H groups in total. The zero-order valence-electron chi connectivity index (χ0n) is 17.1. The second-order valence-corrected chi connectivity index (χ2v) is 9.57. The number of rotatable bonds is 11. The normalized spacial score (nSPS) is 11.3. The highest BCUT2D eigenvalue weighted by Crippen LogP contribution is 2.21. The summed E-state index contributed by atoms with van der Waals surface area (Å²) in [5, 5.41) is 10.2. The lowest BCUT2D eigenvalue weighted by atomic mass is 10.1. The van der Waals surface area contributed by atoms with Crippen LogP contribution in [0.1, 0.15) is 35.7 Å². The topological polar surface area (TPSA) is 110 Å². The summed E-state index contributed by atoms with van der Waals surface area (Å²) in [5.41, 5.74) is 1.49. The minimum absolute atomic E-state index is 0.122. The van der Waals surface area contributed by atoms with Crippen LogP contribution in [0, 0.1) is 0 Å². The van der Waals surface area contributed by atoms with E-state index in [1.165, 1.54) is 0 Å². The van der Waals surface area contributed by atoms with Crippen molar-refractivity contribution in [3.05, 3.63) is 65.7 Å². The van der Waals surface area contributed by atoms with E-state index in [0.29, 0.717) is 25.0 Å². The van der Waals surface area contributed by atoms with Gasteiger partial charge in [0.1, 0.15) is 5.75 Å². The Morgan fingerprint density at radius 2 is 1.81 bits per heavy atom. The van der Waals surface area contributed by atoms with Crippen molar-refractivity contribution in [2.24, 2.45) is 0 Å². The molecule has 2 aromatic carbocycles. The first-order chi connectivity index (χ1) is 15.0. The number of carbonyl (C=O) groups is 1. The minimum Gasteiger partial charge on any atom is -0.493 e. The molecular weight excluding hydrogens is 436 g/mol. The monoisotopic (exact) mass is 460 g/mol. The predicted octanol–water partition coefficient (Wildman–Crippen LogP) is 3.49. The average molecular weight is 461 g/mol. The van der Waals surface area contributed by atoms with Crippen molar-refractivity contribution in [3.63, 3.8) is 0 Å². The first kappa shape index (κ1) is 22.9. The fraction of sp³-hybridized carbons (Fsp3) is 0.286. The fourth-order valence-electron chi connectivity index (χ4n) is 2.74. The molecule has 0 atom stereocenters. The van der Waals surface area contributed by atoms with Gasteiger partial charge in [0, 0.05) is 12.1 Å². The van der Waals surface area contributed by atoms with Gasteiger partial charge in [-0.15, -0.1) is 10.2 Å². The number of anilines is 1. The fourth-order valence-corrected chi connectivity index (χ4v) is 4.75. The van der Waals surface area contributed by atoms with Crippen LogP contribution in [0.5, 0.6) is 5.75 Å². The van der Waals surface area contributed by atoms with Crippen molar-refractivity contribution < 1.29 is 17.9 Å². The number of para-hydroxylation sites is 1. The molecule has 3 aromatic rings. The third-order valence-corrected chi connectivity index (χ3v) is 6.91. The Hall–Kier alpha value is -2.82. The van der Waals surface area contributed by atoms with Crippen LogP contribution in [0.2, 0.25) is 0 Å². The van der Waals surface area contributed by atoms with Gasteiger partial charge < -0.3 is 4.74 Å². The van der Waals surface area contributed by atoms with Gasteiger partial charge in [-0.1, -0.05) is 54.7 Å². The molecule has 0 spiro atoms. The second kappa shape index (κ2) is 11.0. The quantitative estimate of drug-likeness (QED) is 0.335. The number of aromatic nitrogens is 2. The zero-order chi connectivity index (χ0) is 22.1. The number of amides is 1. The third-order valence-electron chi connectivity index (χ3n) is 4.24. The van der Waals surface area contributed by atoms with Gasteiger partial charge in [0.25, 0.3) is 15.9 Å². The van der Waals surface area contributed by atoms with Crippen molar-refractivity contribution in [2.45, 2.75) is 30.5 Å². The lowest BCUT2D eigenvalue weighted by Crippen LogP contribution is -2.25. The Balaban J connectivity index is 1.52. The molecule has 3 rings (SSSR count). The van der Waals surface area contributed by atoms with Gasteiger partial charge in [-0.3, -0.25) is 10.1 Å². The van der Waals surface area contributed by atoms with E-state index in [2.05, 4.69) is 20.2 Å². The summed E-state index contributed by atoms with van der Waals surface area (Å²) in [6.45, 7) is 2.93. The molecular formula is C21H24N4O4S2. The van der Waals surface area contributed by atoms with Crippen molar-refractivity contribution >= 4 is 32.4 Å². The number of carbonyl (C=O) groups excluding carboxylic acids is 1. The number of aryl methyl sites for hydroxylation is 1. The predicted molar refractivity (Wildman–Crippen MR) is 120 cm³/mol. The molecule has 31 heavy (non-hydrogen) atoms. The number of nitrogens with one attached hydrogen (secondary N) is 2. The molecule has 0 aliphatic rings. The van der Waals surface area contributed by atoms with E-state index in [-0.39, 0.29) is 21.9 Å². The van der Waals surface area contributed by atoms with Crippen molar-refractivity contribution in [1.82, 2.24) is 14.9 Å². The van der Waals surface area contributed by atoms with Crippen molar-refractivity contribution in [3.8, 4) is 5.75 Å². The molecule has 0 aliphatic heterocycles. The molecule has 1 aromatic heterocycles. The number of nitrogens with zero attached hydrogens (tertiary/aromatic N) is 2. The number of ether oxygens (including phenoxy) is 1. The highest BCUT2D eigenvalue weighted by molar-refractivity contribution is 7.91. The molecule has 0 aliphatic carbocycles. The molecule has 8 nitrogen and oxygen atoms in total. The van der Waals surface area contributed by atoms with E-state index in [4.69, 9.17) is 4.74 Å². The largest absolute Gasteiger partial charge is 0.493 e. The summed E-state index contributed by atoms with van der Waals surface area (Å²) in [5.74, 6) is 0.452. The van der Waals surface area contributed by atoms with E-state index in [1.54, 1.807) is 30.3 Å². The van der Waals surface area contributed by atoms with E-state index in [1.807, 2.05) is 31.2 Å². The zero-order valence-corrected chi connectivity index (χ0v) is 18.7. The van der Waals surface area contributed by atoms with E-state index >= 15 is 0 Å². The molecule has 0 radical (unpaired) electrons. The highest BCUT2D eigenvalue weighted by atomic mass is 32.2. The summed E-state index contributed by atoms with van der Waals surface area (Å²) in [6.07, 6.45) is 2.20. The van der Waals surface area contributed by atoms with Crippen LogP contribution < -0.4 is 14.8 Å². The Bertz CT molecular complexity index is 1100. The van der Waals surface area contributed by atoms with Gasteiger partial charge in [0.2, 0.25) is 9.47 Å². The lowest BCUT2D eigenvalue weighted by Gasteiger charge is -2.10. The van der Waals surface area contributed by atoms with Gasteiger partial charge in [-0.05, 0) is 43.0 Å². The first-order valence-electron chi connectivity index (χ1n) is 9.90. The van der Waals surface area contributed by atoms with Crippen LogP contribution in [0.4, 0.5) is 5.13 Å². The van der Waals surface area contributed by atoms with Crippen LogP contribution in [-0.4, -0.2) is 37.7 Å². The van der Waals surface area contributed by atoms with Crippen LogP contribution in [0.3, 0.4) is 0 Å². The number of hydrogen-bond acceptors (Lipinski definition) is 7. The first-order valence-corrected chi connectivity index (χ1v) is 12.2. The number of benzene rings is 2. The van der Waals surface area contributed by atoms with Gasteiger partial charge in [0.15, 0.2) is 0 Å². The summed E-state index contributed by atoms with van der Waals surface area (Å²) >= 11 is 0.804. The smallest absolute Gasteiger partial charge is 0.269 e. The number of sulfonamides is 1. The minimum atomic E-state index is -3.81. The summed E-state index contributed by atoms with van der Waals surface area (Å²) < 4.78 is 33.0. The van der Waals surface area contributed by atoms with Crippen LogP contribution in [-0.2, 0) is 16.4 Å².